The zero-order valence-corrected chi connectivity index (χ0v) is 7.11. The summed E-state index contributed by atoms with van der Waals surface area (Å²) in [6.07, 6.45) is 0. The number of ether oxygens (including phenoxy) is 1. The average Bonchev–Trinajstić information content (AvgIpc) is 2.34. The second kappa shape index (κ2) is 2.63. The minimum Gasteiger partial charge on any atom is -0.370 e. The van der Waals surface area contributed by atoms with E-state index >= 15 is 0 Å². The van der Waals surface area contributed by atoms with Gasteiger partial charge in [-0.2, -0.15) is 0 Å². The van der Waals surface area contributed by atoms with E-state index in [0.717, 1.165) is 11.3 Å². The van der Waals surface area contributed by atoms with Gasteiger partial charge >= 0.3 is 0 Å². The predicted octanol–water partition coefficient (Wildman–Crippen LogP) is 2.42. The molecule has 1 aliphatic heterocycles. The van der Waals surface area contributed by atoms with E-state index in [2.05, 4.69) is 4.98 Å². The maximum atomic E-state index is 5.87. The molecule has 0 radical (unpaired) electrons. The molecule has 4 heteroatoms. The summed E-state index contributed by atoms with van der Waals surface area (Å²) < 4.78 is 5.15. The molecule has 2 heterocycles. The van der Waals surface area contributed by atoms with Crippen LogP contribution in [0.5, 0.6) is 0 Å². The number of rotatable bonds is 0. The van der Waals surface area contributed by atoms with Crippen molar-refractivity contribution in [1.29, 1.82) is 0 Å². The van der Waals surface area contributed by atoms with Crippen LogP contribution in [-0.2, 0) is 18.0 Å². The topological polar surface area (TPSA) is 22.1 Å². The third-order valence-electron chi connectivity index (χ3n) is 1.61. The number of fused-ring (bicyclic) bond motifs is 1. The first-order valence-corrected chi connectivity index (χ1v) is 3.94. The van der Waals surface area contributed by atoms with Crippen LogP contribution in [0.15, 0.2) is 6.07 Å². The minimum absolute atomic E-state index is 0.430. The van der Waals surface area contributed by atoms with E-state index in [-0.39, 0.29) is 0 Å². The summed E-state index contributed by atoms with van der Waals surface area (Å²) in [4.78, 5) is 4.07. The molecule has 58 valence electrons. The molecule has 11 heavy (non-hydrogen) atoms. The van der Waals surface area contributed by atoms with Crippen LogP contribution in [-0.4, -0.2) is 4.98 Å². The highest BCUT2D eigenvalue weighted by molar-refractivity contribution is 6.34. The fraction of sp³-hybridized carbons (Fsp3) is 0.286. The van der Waals surface area contributed by atoms with Gasteiger partial charge in [-0.1, -0.05) is 23.2 Å². The van der Waals surface area contributed by atoms with Gasteiger partial charge in [0.25, 0.3) is 0 Å². The number of pyridine rings is 1. The Kier molecular flexibility index (Phi) is 1.75. The summed E-state index contributed by atoms with van der Waals surface area (Å²) >= 11 is 11.5. The fourth-order valence-corrected chi connectivity index (χ4v) is 1.61. The third-order valence-corrected chi connectivity index (χ3v) is 2.14. The van der Waals surface area contributed by atoms with Crippen molar-refractivity contribution < 1.29 is 4.74 Å². The second-order valence-electron chi connectivity index (χ2n) is 2.34. The lowest BCUT2D eigenvalue weighted by atomic mass is 10.2. The van der Waals surface area contributed by atoms with Crippen molar-refractivity contribution in [2.75, 3.05) is 0 Å². The van der Waals surface area contributed by atoms with Gasteiger partial charge in [-0.25, -0.2) is 4.98 Å². The second-order valence-corrected chi connectivity index (χ2v) is 3.14. The van der Waals surface area contributed by atoms with Crippen LogP contribution in [0.1, 0.15) is 11.3 Å². The molecule has 0 unspecified atom stereocenters. The van der Waals surface area contributed by atoms with Gasteiger partial charge in [-0.05, 0) is 6.07 Å². The molecule has 0 fully saturated rings. The summed E-state index contributed by atoms with van der Waals surface area (Å²) in [6, 6.07) is 1.64. The maximum absolute atomic E-state index is 5.87. The van der Waals surface area contributed by atoms with Gasteiger partial charge < -0.3 is 4.74 Å². The van der Waals surface area contributed by atoms with E-state index in [4.69, 9.17) is 27.9 Å². The molecule has 0 spiro atoms. The molecule has 2 rings (SSSR count). The van der Waals surface area contributed by atoms with Crippen molar-refractivity contribution in [2.24, 2.45) is 0 Å². The first kappa shape index (κ1) is 7.35. The normalized spacial score (nSPS) is 15.1. The van der Waals surface area contributed by atoms with Gasteiger partial charge in [-0.3, -0.25) is 0 Å². The molecule has 1 aromatic heterocycles. The van der Waals surface area contributed by atoms with E-state index in [1.165, 1.54) is 0 Å². The van der Waals surface area contributed by atoms with E-state index < -0.39 is 0 Å². The SMILES string of the molecule is Clc1cc(Cl)c2c(n1)COC2. The first-order valence-electron chi connectivity index (χ1n) is 3.19. The highest BCUT2D eigenvalue weighted by Gasteiger charge is 2.16. The smallest absolute Gasteiger partial charge is 0.130 e. The number of halogens is 2. The molecule has 0 amide bonds. The molecule has 0 aliphatic carbocycles. The van der Waals surface area contributed by atoms with Gasteiger partial charge in [0.1, 0.15) is 5.15 Å². The number of nitrogens with zero attached hydrogens (tertiary/aromatic N) is 1. The number of aromatic nitrogens is 1. The van der Waals surface area contributed by atoms with Crippen LogP contribution in [0.2, 0.25) is 10.2 Å². The Balaban J connectivity index is 2.60. The van der Waals surface area contributed by atoms with E-state index in [9.17, 15) is 0 Å². The number of hydrogen-bond donors (Lipinski definition) is 0. The molecule has 2 nitrogen and oxygen atoms in total. The van der Waals surface area contributed by atoms with Gasteiger partial charge in [0.2, 0.25) is 0 Å². The molecular formula is C7H5Cl2NO. The summed E-state index contributed by atoms with van der Waals surface area (Å²) in [5.41, 5.74) is 1.83. The Labute approximate surface area is 74.1 Å². The summed E-state index contributed by atoms with van der Waals surface area (Å²) in [6.45, 7) is 1.08. The van der Waals surface area contributed by atoms with Crippen molar-refractivity contribution in [1.82, 2.24) is 4.98 Å². The van der Waals surface area contributed by atoms with E-state index in [1.54, 1.807) is 6.07 Å². The number of hydrogen-bond acceptors (Lipinski definition) is 2. The average molecular weight is 190 g/mol. The van der Waals surface area contributed by atoms with Gasteiger partial charge in [-0.15, -0.1) is 0 Å². The zero-order valence-electron chi connectivity index (χ0n) is 5.60. The highest BCUT2D eigenvalue weighted by Crippen LogP contribution is 2.27. The molecule has 1 aromatic rings. The van der Waals surface area contributed by atoms with E-state index in [1.807, 2.05) is 0 Å². The van der Waals surface area contributed by atoms with Crippen LogP contribution in [0.3, 0.4) is 0 Å². The molecule has 0 saturated carbocycles. The summed E-state index contributed by atoms with van der Waals surface area (Å²) in [5, 5.41) is 1.08. The Bertz CT molecular complexity index is 301. The minimum atomic E-state index is 0.430. The van der Waals surface area contributed by atoms with Crippen molar-refractivity contribution in [3.8, 4) is 0 Å². The van der Waals surface area contributed by atoms with Gasteiger partial charge in [0, 0.05) is 5.56 Å². The Morgan fingerprint density at radius 2 is 2.18 bits per heavy atom. The lowest BCUT2D eigenvalue weighted by Gasteiger charge is -1.98. The largest absolute Gasteiger partial charge is 0.370 e. The van der Waals surface area contributed by atoms with Crippen molar-refractivity contribution in [3.05, 3.63) is 27.5 Å². The molecule has 0 atom stereocenters. The Morgan fingerprint density at radius 3 is 3.00 bits per heavy atom. The monoisotopic (exact) mass is 189 g/mol. The standard InChI is InChI=1S/C7H5Cl2NO/c8-5-1-7(9)10-6-3-11-2-4(5)6/h1H,2-3H2. The van der Waals surface area contributed by atoms with Crippen LogP contribution >= 0.6 is 23.2 Å². The van der Waals surface area contributed by atoms with Crippen LogP contribution < -0.4 is 0 Å². The highest BCUT2D eigenvalue weighted by atomic mass is 35.5. The third kappa shape index (κ3) is 1.22. The fourth-order valence-electron chi connectivity index (χ4n) is 1.08. The maximum Gasteiger partial charge on any atom is 0.130 e. The summed E-state index contributed by atoms with van der Waals surface area (Å²) in [5.74, 6) is 0. The molecule has 0 aromatic carbocycles. The van der Waals surface area contributed by atoms with Crippen LogP contribution in [0, 0.1) is 0 Å². The molecule has 0 N–H and O–H groups in total. The summed E-state index contributed by atoms with van der Waals surface area (Å²) in [7, 11) is 0. The molecule has 0 bridgehead atoms. The lowest BCUT2D eigenvalue weighted by molar-refractivity contribution is 0.133. The molecular weight excluding hydrogens is 185 g/mol. The van der Waals surface area contributed by atoms with Gasteiger partial charge in [0.05, 0.1) is 23.9 Å². The van der Waals surface area contributed by atoms with Crippen LogP contribution in [0.4, 0.5) is 0 Å². The Hall–Kier alpha value is -0.310. The molecule has 1 aliphatic rings. The van der Waals surface area contributed by atoms with Gasteiger partial charge in [0.15, 0.2) is 0 Å². The zero-order chi connectivity index (χ0) is 7.84. The Morgan fingerprint density at radius 1 is 1.36 bits per heavy atom. The van der Waals surface area contributed by atoms with Crippen molar-refractivity contribution >= 4 is 23.2 Å². The first-order chi connectivity index (χ1) is 5.27. The predicted molar refractivity (Wildman–Crippen MR) is 42.8 cm³/mol. The van der Waals surface area contributed by atoms with E-state index in [0.29, 0.717) is 23.4 Å². The quantitative estimate of drug-likeness (QED) is 0.586. The molecule has 0 saturated heterocycles. The van der Waals surface area contributed by atoms with Crippen molar-refractivity contribution in [2.45, 2.75) is 13.2 Å². The van der Waals surface area contributed by atoms with Crippen molar-refractivity contribution in [3.63, 3.8) is 0 Å². The lowest BCUT2D eigenvalue weighted by Crippen LogP contribution is -1.88. The van der Waals surface area contributed by atoms with Crippen LogP contribution in [0.25, 0.3) is 0 Å².